The van der Waals surface area contributed by atoms with Gasteiger partial charge in [0.15, 0.2) is 0 Å². The second-order valence-corrected chi connectivity index (χ2v) is 7.12. The first-order valence-corrected chi connectivity index (χ1v) is 9.14. The number of nitrogens with one attached hydrogen (secondary N) is 1. The third kappa shape index (κ3) is 6.53. The predicted molar refractivity (Wildman–Crippen MR) is 84.2 cm³/mol. The van der Waals surface area contributed by atoms with Gasteiger partial charge < -0.3 is 5.32 Å². The number of sulfonamides is 1. The summed E-state index contributed by atoms with van der Waals surface area (Å²) in [6.07, 6.45) is 2.98. The molecule has 1 amide bonds. The van der Waals surface area contributed by atoms with Gasteiger partial charge in [0.2, 0.25) is 15.9 Å². The molecule has 1 aromatic carbocycles. The molecule has 5 nitrogen and oxygen atoms in total. The lowest BCUT2D eigenvalue weighted by atomic mass is 10.2. The molecular weight excluding hydrogens is 307 g/mol. The number of hydrogen-bond donors (Lipinski definition) is 1. The monoisotopic (exact) mass is 330 g/mol. The smallest absolute Gasteiger partial charge is 0.221 e. The zero-order valence-electron chi connectivity index (χ0n) is 13.0. The molecule has 1 N–H and O–H groups in total. The van der Waals surface area contributed by atoms with Crippen LogP contribution < -0.4 is 5.32 Å². The molecule has 0 atom stereocenters. The van der Waals surface area contributed by atoms with Crippen LogP contribution in [0.4, 0.5) is 4.39 Å². The molecule has 0 radical (unpaired) electrons. The molecule has 0 aliphatic carbocycles. The molecule has 0 heterocycles. The summed E-state index contributed by atoms with van der Waals surface area (Å²) in [6.45, 7) is 2.56. The maximum Gasteiger partial charge on any atom is 0.221 e. The molecule has 0 bridgehead atoms. The third-order valence-electron chi connectivity index (χ3n) is 3.21. The summed E-state index contributed by atoms with van der Waals surface area (Å²) in [5, 5.41) is 2.73. The summed E-state index contributed by atoms with van der Waals surface area (Å²) >= 11 is 0. The van der Waals surface area contributed by atoms with E-state index in [1.165, 1.54) is 12.1 Å². The average molecular weight is 330 g/mol. The molecule has 0 unspecified atom stereocenters. The molecule has 1 rings (SSSR count). The Morgan fingerprint density at radius 1 is 1.32 bits per heavy atom. The second-order valence-electron chi connectivity index (χ2n) is 5.14. The van der Waals surface area contributed by atoms with Crippen LogP contribution in [0.5, 0.6) is 0 Å². The summed E-state index contributed by atoms with van der Waals surface area (Å²) in [4.78, 5) is 11.7. The molecule has 124 valence electrons. The Kier molecular flexibility index (Phi) is 7.47. The fraction of sp³-hybridized carbons (Fsp3) is 0.533. The van der Waals surface area contributed by atoms with E-state index in [9.17, 15) is 17.6 Å². The van der Waals surface area contributed by atoms with Crippen molar-refractivity contribution in [2.75, 3.05) is 19.3 Å². The van der Waals surface area contributed by atoms with Crippen molar-refractivity contribution < 1.29 is 17.6 Å². The van der Waals surface area contributed by atoms with Gasteiger partial charge in [-0.25, -0.2) is 12.8 Å². The molecular formula is C15H23FN2O3S. The van der Waals surface area contributed by atoms with Gasteiger partial charge in [0.1, 0.15) is 5.82 Å². The Morgan fingerprint density at radius 2 is 2.00 bits per heavy atom. The minimum atomic E-state index is -3.51. The van der Waals surface area contributed by atoms with Crippen molar-refractivity contribution in [1.29, 1.82) is 0 Å². The van der Waals surface area contributed by atoms with E-state index >= 15 is 0 Å². The zero-order chi connectivity index (χ0) is 16.6. The lowest BCUT2D eigenvalue weighted by molar-refractivity contribution is -0.121. The molecule has 0 saturated carbocycles. The fourth-order valence-corrected chi connectivity index (χ4v) is 2.69. The van der Waals surface area contributed by atoms with Crippen LogP contribution in [-0.4, -0.2) is 38.0 Å². The van der Waals surface area contributed by atoms with Crippen molar-refractivity contribution in [3.05, 3.63) is 35.6 Å². The Labute approximate surface area is 131 Å². The largest absolute Gasteiger partial charge is 0.356 e. The topological polar surface area (TPSA) is 66.5 Å². The van der Waals surface area contributed by atoms with Crippen LogP contribution in [0.3, 0.4) is 0 Å². The van der Waals surface area contributed by atoms with Crippen molar-refractivity contribution in [3.63, 3.8) is 0 Å². The van der Waals surface area contributed by atoms with E-state index in [1.54, 1.807) is 12.1 Å². The summed E-state index contributed by atoms with van der Waals surface area (Å²) in [5.41, 5.74) is 0.291. The maximum atomic E-state index is 13.6. The van der Waals surface area contributed by atoms with E-state index in [0.29, 0.717) is 12.1 Å². The number of unbranched alkanes of at least 4 members (excludes halogenated alkanes) is 1. The van der Waals surface area contributed by atoms with Crippen LogP contribution in [0.15, 0.2) is 24.3 Å². The van der Waals surface area contributed by atoms with Gasteiger partial charge in [0.25, 0.3) is 0 Å². The maximum absolute atomic E-state index is 13.6. The molecule has 1 aromatic rings. The first-order valence-electron chi connectivity index (χ1n) is 7.29. The Balaban J connectivity index is 2.63. The van der Waals surface area contributed by atoms with Crippen LogP contribution in [0.2, 0.25) is 0 Å². The summed E-state index contributed by atoms with van der Waals surface area (Å²) in [6, 6.07) is 6.02. The third-order valence-corrected chi connectivity index (χ3v) is 4.46. The number of hydrogen-bond acceptors (Lipinski definition) is 3. The quantitative estimate of drug-likeness (QED) is 0.703. The van der Waals surface area contributed by atoms with E-state index in [1.807, 2.05) is 6.92 Å². The van der Waals surface area contributed by atoms with Gasteiger partial charge in [-0.3, -0.25) is 4.79 Å². The highest BCUT2D eigenvalue weighted by atomic mass is 32.2. The number of carbonyl (C=O) groups excluding carboxylic acids is 1. The van der Waals surface area contributed by atoms with Crippen molar-refractivity contribution in [2.24, 2.45) is 0 Å². The Hall–Kier alpha value is -1.47. The highest BCUT2D eigenvalue weighted by Gasteiger charge is 2.19. The molecule has 0 aliphatic heterocycles. The highest BCUT2D eigenvalue weighted by Crippen LogP contribution is 2.12. The van der Waals surface area contributed by atoms with Gasteiger partial charge in [-0.05, 0) is 12.5 Å². The van der Waals surface area contributed by atoms with E-state index in [0.717, 1.165) is 23.4 Å². The van der Waals surface area contributed by atoms with Gasteiger partial charge in [0.05, 0.1) is 6.26 Å². The number of carbonyl (C=O) groups is 1. The molecule has 0 fully saturated rings. The number of amides is 1. The molecule has 0 saturated heterocycles. The van der Waals surface area contributed by atoms with E-state index in [4.69, 9.17) is 0 Å². The number of halogens is 1. The van der Waals surface area contributed by atoms with Gasteiger partial charge in [-0.2, -0.15) is 4.31 Å². The molecule has 0 aliphatic rings. The van der Waals surface area contributed by atoms with Crippen LogP contribution in [-0.2, 0) is 21.4 Å². The Bertz CT molecular complexity index is 590. The fourth-order valence-electron chi connectivity index (χ4n) is 1.90. The summed E-state index contributed by atoms with van der Waals surface area (Å²) in [7, 11) is -3.51. The van der Waals surface area contributed by atoms with Gasteiger partial charge in [-0.15, -0.1) is 0 Å². The molecule has 0 aromatic heterocycles. The number of benzene rings is 1. The summed E-state index contributed by atoms with van der Waals surface area (Å²) < 4.78 is 38.3. The minimum absolute atomic E-state index is 0.0329. The SMILES string of the molecule is CCCCNC(=O)CCN(Cc1ccccc1F)S(C)(=O)=O. The molecule has 22 heavy (non-hydrogen) atoms. The van der Waals surface area contributed by atoms with Crippen molar-refractivity contribution >= 4 is 15.9 Å². The second kappa shape index (κ2) is 8.85. The minimum Gasteiger partial charge on any atom is -0.356 e. The lowest BCUT2D eigenvalue weighted by Gasteiger charge is -2.20. The van der Waals surface area contributed by atoms with E-state index in [2.05, 4.69) is 5.32 Å². The van der Waals surface area contributed by atoms with Crippen molar-refractivity contribution in [1.82, 2.24) is 9.62 Å². The van der Waals surface area contributed by atoms with Crippen molar-refractivity contribution in [2.45, 2.75) is 32.7 Å². The van der Waals surface area contributed by atoms with E-state index in [-0.39, 0.29) is 25.4 Å². The Morgan fingerprint density at radius 3 is 2.59 bits per heavy atom. The first kappa shape index (κ1) is 18.6. The standard InChI is InChI=1S/C15H23FN2O3S/c1-3-4-10-17-15(19)9-11-18(22(2,20)21)12-13-7-5-6-8-14(13)16/h5-8H,3-4,9-12H2,1-2H3,(H,17,19). The first-order chi connectivity index (χ1) is 10.3. The van der Waals surface area contributed by atoms with Crippen LogP contribution in [0.25, 0.3) is 0 Å². The average Bonchev–Trinajstić information content (AvgIpc) is 2.44. The predicted octanol–water partition coefficient (Wildman–Crippen LogP) is 1.89. The van der Waals surface area contributed by atoms with Crippen molar-refractivity contribution in [3.8, 4) is 0 Å². The van der Waals surface area contributed by atoms with E-state index < -0.39 is 15.8 Å². The lowest BCUT2D eigenvalue weighted by Crippen LogP contribution is -2.34. The molecule has 0 spiro atoms. The summed E-state index contributed by atoms with van der Waals surface area (Å²) in [5.74, 6) is -0.654. The van der Waals surface area contributed by atoms with Crippen LogP contribution >= 0.6 is 0 Å². The normalized spacial score (nSPS) is 11.6. The highest BCUT2D eigenvalue weighted by molar-refractivity contribution is 7.88. The molecule has 7 heteroatoms. The zero-order valence-corrected chi connectivity index (χ0v) is 13.8. The van der Waals surface area contributed by atoms with Gasteiger partial charge in [-0.1, -0.05) is 31.5 Å². The van der Waals surface area contributed by atoms with Gasteiger partial charge >= 0.3 is 0 Å². The number of nitrogens with zero attached hydrogens (tertiary/aromatic N) is 1. The van der Waals surface area contributed by atoms with Crippen LogP contribution in [0, 0.1) is 5.82 Å². The van der Waals surface area contributed by atoms with Gasteiger partial charge in [0, 0.05) is 31.6 Å². The van der Waals surface area contributed by atoms with Crippen LogP contribution in [0.1, 0.15) is 31.7 Å². The number of rotatable bonds is 9.